The van der Waals surface area contributed by atoms with Crippen molar-refractivity contribution in [3.63, 3.8) is 0 Å². The first-order valence-electron chi connectivity index (χ1n) is 11.4. The highest BCUT2D eigenvalue weighted by Crippen LogP contribution is 2.45. The number of carbonyl (C=O) groups excluding carboxylic acids is 1. The minimum absolute atomic E-state index is 0.0240. The number of nitrogens with one attached hydrogen (secondary N) is 1. The van der Waals surface area contributed by atoms with Gasteiger partial charge in [0.1, 0.15) is 5.76 Å². The molecule has 1 saturated heterocycles. The van der Waals surface area contributed by atoms with E-state index in [-0.39, 0.29) is 23.3 Å². The number of carbonyl (C=O) groups is 1. The zero-order valence-electron chi connectivity index (χ0n) is 19.0. The van der Waals surface area contributed by atoms with Gasteiger partial charge in [-0.1, -0.05) is 32.8 Å². The lowest BCUT2D eigenvalue weighted by Gasteiger charge is -2.38. The van der Waals surface area contributed by atoms with Crippen LogP contribution in [0.15, 0.2) is 30.0 Å². The quantitative estimate of drug-likeness (QED) is 0.543. The first-order valence-corrected chi connectivity index (χ1v) is 11.4. The van der Waals surface area contributed by atoms with E-state index in [0.717, 1.165) is 75.2 Å². The molecule has 3 rings (SSSR count). The summed E-state index contributed by atoms with van der Waals surface area (Å²) in [6.45, 7) is 5.24. The lowest BCUT2D eigenvalue weighted by Crippen LogP contribution is -2.40. The summed E-state index contributed by atoms with van der Waals surface area (Å²) in [7, 11) is 3.33. The number of methoxy groups -OCH3 is 2. The smallest absolute Gasteiger partial charge is 0.313 e. The first-order chi connectivity index (χ1) is 14.5. The predicted molar refractivity (Wildman–Crippen MR) is 119 cm³/mol. The fourth-order valence-electron chi connectivity index (χ4n) is 5.06. The molecule has 1 heterocycles. The van der Waals surface area contributed by atoms with E-state index in [0.29, 0.717) is 0 Å². The summed E-state index contributed by atoms with van der Waals surface area (Å²) in [5.41, 5.74) is 1.41. The van der Waals surface area contributed by atoms with Gasteiger partial charge in [0.15, 0.2) is 11.5 Å². The molecule has 0 radical (unpaired) electrons. The fourth-order valence-corrected chi connectivity index (χ4v) is 5.06. The molecular weight excluding hydrogens is 378 g/mol. The minimum Gasteiger partial charge on any atom is -0.493 e. The van der Waals surface area contributed by atoms with Crippen LogP contribution in [-0.4, -0.2) is 32.8 Å². The number of benzene rings is 1. The molecule has 0 aromatic heterocycles. The SMILES string of the molecule is CCCC(CCC)C(=O)OC1=C[C@@H]2NCC[C@@]2(Cc2ccc(OC)c(OC)c2)CC1. The maximum absolute atomic E-state index is 12.7. The van der Waals surface area contributed by atoms with Crippen LogP contribution in [0.4, 0.5) is 0 Å². The van der Waals surface area contributed by atoms with Crippen molar-refractivity contribution >= 4 is 5.97 Å². The van der Waals surface area contributed by atoms with Gasteiger partial charge < -0.3 is 19.5 Å². The van der Waals surface area contributed by atoms with E-state index in [1.807, 2.05) is 6.07 Å². The van der Waals surface area contributed by atoms with E-state index < -0.39 is 0 Å². The molecule has 2 atom stereocenters. The van der Waals surface area contributed by atoms with E-state index >= 15 is 0 Å². The van der Waals surface area contributed by atoms with Crippen LogP contribution in [0.25, 0.3) is 0 Å². The van der Waals surface area contributed by atoms with E-state index in [9.17, 15) is 4.79 Å². The Morgan fingerprint density at radius 1 is 1.13 bits per heavy atom. The molecule has 1 aliphatic carbocycles. The van der Waals surface area contributed by atoms with Gasteiger partial charge in [-0.3, -0.25) is 4.79 Å². The zero-order valence-corrected chi connectivity index (χ0v) is 19.0. The van der Waals surface area contributed by atoms with Crippen LogP contribution >= 0.6 is 0 Å². The third-order valence-electron chi connectivity index (χ3n) is 6.71. The van der Waals surface area contributed by atoms with Crippen LogP contribution in [0.1, 0.15) is 64.4 Å². The average molecular weight is 416 g/mol. The third-order valence-corrected chi connectivity index (χ3v) is 6.71. The predicted octanol–water partition coefficient (Wildman–Crippen LogP) is 5.03. The van der Waals surface area contributed by atoms with Crippen molar-refractivity contribution in [3.05, 3.63) is 35.6 Å². The van der Waals surface area contributed by atoms with Gasteiger partial charge in [0.05, 0.1) is 20.1 Å². The Morgan fingerprint density at radius 3 is 2.53 bits per heavy atom. The molecule has 0 saturated carbocycles. The van der Waals surface area contributed by atoms with Gasteiger partial charge in [0, 0.05) is 12.5 Å². The van der Waals surface area contributed by atoms with Crippen molar-refractivity contribution in [2.45, 2.75) is 71.3 Å². The summed E-state index contributed by atoms with van der Waals surface area (Å²) in [5.74, 6) is 2.35. The van der Waals surface area contributed by atoms with Gasteiger partial charge in [-0.2, -0.15) is 0 Å². The van der Waals surface area contributed by atoms with Gasteiger partial charge >= 0.3 is 5.97 Å². The van der Waals surface area contributed by atoms with Crippen LogP contribution in [0.5, 0.6) is 11.5 Å². The Morgan fingerprint density at radius 2 is 1.87 bits per heavy atom. The molecule has 30 heavy (non-hydrogen) atoms. The summed E-state index contributed by atoms with van der Waals surface area (Å²) >= 11 is 0. The topological polar surface area (TPSA) is 56.8 Å². The molecule has 0 amide bonds. The van der Waals surface area contributed by atoms with Gasteiger partial charge in [-0.15, -0.1) is 0 Å². The Hall–Kier alpha value is -2.01. The summed E-state index contributed by atoms with van der Waals surface area (Å²) in [6, 6.07) is 6.43. The molecule has 1 aliphatic heterocycles. The summed E-state index contributed by atoms with van der Waals surface area (Å²) in [6.07, 6.45) is 9.94. The van der Waals surface area contributed by atoms with Crippen LogP contribution in [0.3, 0.4) is 0 Å². The second-order valence-corrected chi connectivity index (χ2v) is 8.74. The minimum atomic E-state index is -0.0460. The number of hydrogen-bond acceptors (Lipinski definition) is 5. The van der Waals surface area contributed by atoms with Gasteiger partial charge in [-0.05, 0) is 67.8 Å². The summed E-state index contributed by atoms with van der Waals surface area (Å²) in [5, 5.41) is 3.63. The van der Waals surface area contributed by atoms with Crippen molar-refractivity contribution in [1.82, 2.24) is 5.32 Å². The Bertz CT molecular complexity index is 754. The molecule has 1 aromatic rings. The van der Waals surface area contributed by atoms with Gasteiger partial charge in [0.25, 0.3) is 0 Å². The average Bonchev–Trinajstić information content (AvgIpc) is 3.16. The summed E-state index contributed by atoms with van der Waals surface area (Å²) < 4.78 is 16.7. The molecular formula is C25H37NO4. The number of ether oxygens (including phenoxy) is 3. The number of hydrogen-bond donors (Lipinski definition) is 1. The van der Waals surface area contributed by atoms with E-state index in [2.05, 4.69) is 37.4 Å². The highest BCUT2D eigenvalue weighted by atomic mass is 16.5. The molecule has 2 aliphatic rings. The van der Waals surface area contributed by atoms with Crippen molar-refractivity contribution in [1.29, 1.82) is 0 Å². The van der Waals surface area contributed by atoms with Gasteiger partial charge in [-0.25, -0.2) is 0 Å². The van der Waals surface area contributed by atoms with Crippen molar-refractivity contribution in [2.75, 3.05) is 20.8 Å². The Kier molecular flexibility index (Phi) is 7.81. The number of esters is 1. The second kappa shape index (κ2) is 10.3. The number of fused-ring (bicyclic) bond motifs is 1. The standard InChI is InChI=1S/C25H37NO4/c1-5-7-19(8-6-2)24(27)30-20-11-12-25(13-14-26-23(25)16-20)17-18-9-10-21(28-3)22(15-18)29-4/h9-10,15-16,19,23,26H,5-8,11-14,17H2,1-4H3/t23-,25+/m0/s1. The Balaban J connectivity index is 1.71. The number of rotatable bonds is 10. The summed E-state index contributed by atoms with van der Waals surface area (Å²) in [4.78, 5) is 12.7. The molecule has 1 aromatic carbocycles. The largest absolute Gasteiger partial charge is 0.493 e. The highest BCUT2D eigenvalue weighted by Gasteiger charge is 2.44. The maximum atomic E-state index is 12.7. The monoisotopic (exact) mass is 415 g/mol. The van der Waals surface area contributed by atoms with E-state index in [1.165, 1.54) is 5.56 Å². The van der Waals surface area contributed by atoms with Crippen molar-refractivity contribution < 1.29 is 19.0 Å². The third kappa shape index (κ3) is 5.00. The zero-order chi connectivity index (χ0) is 21.6. The van der Waals surface area contributed by atoms with Crippen molar-refractivity contribution in [3.8, 4) is 11.5 Å². The molecule has 166 valence electrons. The Labute approximate surface area is 181 Å². The lowest BCUT2D eigenvalue weighted by molar-refractivity contribution is -0.145. The molecule has 0 bridgehead atoms. The molecule has 0 spiro atoms. The highest BCUT2D eigenvalue weighted by molar-refractivity contribution is 5.73. The second-order valence-electron chi connectivity index (χ2n) is 8.74. The van der Waals surface area contributed by atoms with Gasteiger partial charge in [0.2, 0.25) is 0 Å². The normalized spacial score (nSPS) is 23.1. The molecule has 1 N–H and O–H groups in total. The molecule has 0 unspecified atom stereocenters. The molecule has 5 nitrogen and oxygen atoms in total. The lowest BCUT2D eigenvalue weighted by atomic mass is 9.69. The molecule has 5 heteroatoms. The van der Waals surface area contributed by atoms with Crippen LogP contribution < -0.4 is 14.8 Å². The van der Waals surface area contributed by atoms with Crippen LogP contribution in [0.2, 0.25) is 0 Å². The molecule has 1 fully saturated rings. The fraction of sp³-hybridized carbons (Fsp3) is 0.640. The van der Waals surface area contributed by atoms with Crippen LogP contribution in [0, 0.1) is 11.3 Å². The number of allylic oxidation sites excluding steroid dienone is 1. The van der Waals surface area contributed by atoms with Crippen LogP contribution in [-0.2, 0) is 16.0 Å². The maximum Gasteiger partial charge on any atom is 0.313 e. The first kappa shape index (κ1) is 22.7. The van der Waals surface area contributed by atoms with E-state index in [1.54, 1.807) is 14.2 Å². The van der Waals surface area contributed by atoms with E-state index in [4.69, 9.17) is 14.2 Å². The van der Waals surface area contributed by atoms with Crippen molar-refractivity contribution in [2.24, 2.45) is 11.3 Å².